The van der Waals surface area contributed by atoms with Crippen LogP contribution in [-0.2, 0) is 29.1 Å². The van der Waals surface area contributed by atoms with Gasteiger partial charge in [0, 0.05) is 18.5 Å². The second kappa shape index (κ2) is 8.61. The van der Waals surface area contributed by atoms with Crippen molar-refractivity contribution in [3.05, 3.63) is 24.3 Å². The highest BCUT2D eigenvalue weighted by Gasteiger charge is 2.35. The first-order valence-corrected chi connectivity index (χ1v) is 9.94. The van der Waals surface area contributed by atoms with Gasteiger partial charge in [-0.1, -0.05) is 13.8 Å². The highest BCUT2D eigenvalue weighted by Crippen LogP contribution is 2.26. The number of esters is 1. The number of primary sulfonamides is 1. The number of benzene rings is 1. The summed E-state index contributed by atoms with van der Waals surface area (Å²) in [6.45, 7) is 4.53. The quantitative estimate of drug-likeness (QED) is 0.656. The molecule has 0 bridgehead atoms. The van der Waals surface area contributed by atoms with Crippen LogP contribution in [0.5, 0.6) is 0 Å². The summed E-state index contributed by atoms with van der Waals surface area (Å²) in [6.07, 6.45) is 0.417. The largest absolute Gasteiger partial charge is 0.436 e. The van der Waals surface area contributed by atoms with Crippen molar-refractivity contribution in [1.82, 2.24) is 0 Å². The van der Waals surface area contributed by atoms with Gasteiger partial charge < -0.3 is 14.8 Å². The van der Waals surface area contributed by atoms with Crippen molar-refractivity contribution >= 4 is 27.6 Å². The zero-order valence-electron chi connectivity index (χ0n) is 14.8. The first kappa shape index (κ1) is 20.3. The Morgan fingerprint density at radius 3 is 2.58 bits per heavy atom. The molecule has 2 atom stereocenters. The number of nitrogens with one attached hydrogen (secondary N) is 1. The van der Waals surface area contributed by atoms with Crippen LogP contribution in [0.1, 0.15) is 33.1 Å². The number of hydrogen-bond acceptors (Lipinski definition) is 6. The Morgan fingerprint density at radius 2 is 2.00 bits per heavy atom. The van der Waals surface area contributed by atoms with Gasteiger partial charge in [0.15, 0.2) is 0 Å². The number of anilines is 1. The van der Waals surface area contributed by atoms with E-state index in [-0.39, 0.29) is 29.1 Å². The number of carbonyl (C=O) groups is 2. The van der Waals surface area contributed by atoms with Crippen molar-refractivity contribution in [3.63, 3.8) is 0 Å². The molecule has 0 spiro atoms. The van der Waals surface area contributed by atoms with E-state index in [9.17, 15) is 18.0 Å². The van der Waals surface area contributed by atoms with Crippen molar-refractivity contribution in [1.29, 1.82) is 0 Å². The van der Waals surface area contributed by atoms with Gasteiger partial charge in [0.05, 0.1) is 17.4 Å². The molecule has 0 unspecified atom stereocenters. The minimum Gasteiger partial charge on any atom is -0.436 e. The standard InChI is InChI=1S/C17H24N2O6S/c1-11(2)10-24-16-9-12(17(21)25-16)3-8-15(20)19-13-4-6-14(7-5-13)26(18,22)23/h4-7,11-12,16H,3,8-10H2,1-2H3,(H,19,20)(H2,18,22,23)/t12-,16-/m1/s1. The van der Waals surface area contributed by atoms with Crippen molar-refractivity contribution < 1.29 is 27.5 Å². The van der Waals surface area contributed by atoms with Gasteiger partial charge in [0.2, 0.25) is 22.2 Å². The lowest BCUT2D eigenvalue weighted by molar-refractivity contribution is -0.165. The molecule has 144 valence electrons. The fourth-order valence-electron chi connectivity index (χ4n) is 2.50. The second-order valence-corrected chi connectivity index (χ2v) is 8.24. The molecule has 1 aliphatic heterocycles. The molecule has 1 heterocycles. The van der Waals surface area contributed by atoms with Crippen LogP contribution in [0.2, 0.25) is 0 Å². The Kier molecular flexibility index (Phi) is 6.74. The summed E-state index contributed by atoms with van der Waals surface area (Å²) in [5.74, 6) is -0.626. The molecule has 1 aliphatic rings. The molecule has 2 rings (SSSR count). The monoisotopic (exact) mass is 384 g/mol. The third-order valence-electron chi connectivity index (χ3n) is 3.86. The molecular weight excluding hydrogens is 360 g/mol. The summed E-state index contributed by atoms with van der Waals surface area (Å²) in [4.78, 5) is 23.8. The summed E-state index contributed by atoms with van der Waals surface area (Å²) in [7, 11) is -3.77. The van der Waals surface area contributed by atoms with Gasteiger partial charge in [0.25, 0.3) is 0 Å². The molecule has 9 heteroatoms. The Bertz CT molecular complexity index is 745. The lowest BCUT2D eigenvalue weighted by atomic mass is 10.0. The van der Waals surface area contributed by atoms with Gasteiger partial charge in [-0.3, -0.25) is 9.59 Å². The zero-order valence-corrected chi connectivity index (χ0v) is 15.6. The number of amides is 1. The van der Waals surface area contributed by atoms with Gasteiger partial charge in [-0.2, -0.15) is 0 Å². The van der Waals surface area contributed by atoms with Crippen LogP contribution in [0.15, 0.2) is 29.2 Å². The van der Waals surface area contributed by atoms with Crippen LogP contribution in [0.3, 0.4) is 0 Å². The SMILES string of the molecule is CC(C)CO[C@H]1C[C@@H](CCC(=O)Nc2ccc(S(N)(=O)=O)cc2)C(=O)O1. The van der Waals surface area contributed by atoms with Gasteiger partial charge in [0.1, 0.15) is 0 Å². The molecule has 3 N–H and O–H groups in total. The fourth-order valence-corrected chi connectivity index (χ4v) is 3.01. The number of nitrogens with two attached hydrogens (primary N) is 1. The lowest BCUT2D eigenvalue weighted by Crippen LogP contribution is -2.16. The van der Waals surface area contributed by atoms with Crippen LogP contribution >= 0.6 is 0 Å². The van der Waals surface area contributed by atoms with E-state index in [0.29, 0.717) is 31.1 Å². The minimum atomic E-state index is -3.77. The van der Waals surface area contributed by atoms with Crippen molar-refractivity contribution in [2.45, 2.75) is 44.3 Å². The third kappa shape index (κ3) is 6.08. The van der Waals surface area contributed by atoms with Crippen LogP contribution in [0.25, 0.3) is 0 Å². The number of cyclic esters (lactones) is 1. The maximum absolute atomic E-state index is 12.0. The van der Waals surface area contributed by atoms with Gasteiger partial charge in [-0.05, 0) is 36.6 Å². The summed E-state index contributed by atoms with van der Waals surface area (Å²) in [5.41, 5.74) is 0.453. The Morgan fingerprint density at radius 1 is 1.35 bits per heavy atom. The first-order chi connectivity index (χ1) is 12.1. The van der Waals surface area contributed by atoms with Crippen molar-refractivity contribution in [2.75, 3.05) is 11.9 Å². The molecule has 0 aromatic heterocycles. The molecule has 1 amide bonds. The fraction of sp³-hybridized carbons (Fsp3) is 0.529. The molecule has 1 fully saturated rings. The van der Waals surface area contributed by atoms with Crippen LogP contribution in [-0.4, -0.2) is 33.2 Å². The van der Waals surface area contributed by atoms with E-state index in [1.807, 2.05) is 13.8 Å². The molecule has 8 nitrogen and oxygen atoms in total. The van der Waals surface area contributed by atoms with Gasteiger partial charge in [-0.25, -0.2) is 13.6 Å². The molecular formula is C17H24N2O6S. The van der Waals surface area contributed by atoms with Crippen molar-refractivity contribution in [2.24, 2.45) is 17.0 Å². The van der Waals surface area contributed by atoms with E-state index in [4.69, 9.17) is 14.6 Å². The Hall–Kier alpha value is -1.97. The number of sulfonamides is 1. The minimum absolute atomic E-state index is 0.0309. The predicted molar refractivity (Wildman–Crippen MR) is 94.5 cm³/mol. The number of ether oxygens (including phenoxy) is 2. The van der Waals surface area contributed by atoms with Gasteiger partial charge in [-0.15, -0.1) is 0 Å². The van der Waals surface area contributed by atoms with E-state index < -0.39 is 16.3 Å². The number of rotatable bonds is 8. The molecule has 26 heavy (non-hydrogen) atoms. The van der Waals surface area contributed by atoms with Crippen molar-refractivity contribution in [3.8, 4) is 0 Å². The van der Waals surface area contributed by atoms with Crippen LogP contribution in [0.4, 0.5) is 5.69 Å². The summed E-state index contributed by atoms with van der Waals surface area (Å²) in [6, 6.07) is 5.54. The topological polar surface area (TPSA) is 125 Å². The molecule has 0 aliphatic carbocycles. The maximum Gasteiger partial charge on any atom is 0.311 e. The normalized spacial score (nSPS) is 20.2. The summed E-state index contributed by atoms with van der Waals surface area (Å²) < 4.78 is 33.0. The molecule has 0 saturated carbocycles. The smallest absolute Gasteiger partial charge is 0.311 e. The molecule has 1 saturated heterocycles. The Labute approximate surface area is 153 Å². The third-order valence-corrected chi connectivity index (χ3v) is 4.79. The van der Waals surface area contributed by atoms with Crippen LogP contribution in [0, 0.1) is 11.8 Å². The van der Waals surface area contributed by atoms with E-state index in [0.717, 1.165) is 0 Å². The average molecular weight is 384 g/mol. The maximum atomic E-state index is 12.0. The van der Waals surface area contributed by atoms with E-state index in [1.165, 1.54) is 24.3 Å². The predicted octanol–water partition coefficient (Wildman–Crippen LogP) is 1.61. The lowest BCUT2D eigenvalue weighted by Gasteiger charge is -2.12. The zero-order chi connectivity index (χ0) is 19.3. The number of hydrogen-bond donors (Lipinski definition) is 2. The highest BCUT2D eigenvalue weighted by atomic mass is 32.2. The molecule has 0 radical (unpaired) electrons. The Balaban J connectivity index is 1.79. The van der Waals surface area contributed by atoms with E-state index in [2.05, 4.69) is 5.32 Å². The molecule has 1 aromatic rings. The summed E-state index contributed by atoms with van der Waals surface area (Å²) in [5, 5.41) is 7.67. The second-order valence-electron chi connectivity index (χ2n) is 6.68. The van der Waals surface area contributed by atoms with Crippen LogP contribution < -0.4 is 10.5 Å². The van der Waals surface area contributed by atoms with Gasteiger partial charge >= 0.3 is 5.97 Å². The summed E-state index contributed by atoms with van der Waals surface area (Å²) >= 11 is 0. The van der Waals surface area contributed by atoms with E-state index in [1.54, 1.807) is 0 Å². The highest BCUT2D eigenvalue weighted by molar-refractivity contribution is 7.89. The van der Waals surface area contributed by atoms with E-state index >= 15 is 0 Å². The number of carbonyl (C=O) groups excluding carboxylic acids is 2. The average Bonchev–Trinajstić information content (AvgIpc) is 2.91. The first-order valence-electron chi connectivity index (χ1n) is 8.40. The molecule has 1 aromatic carbocycles.